The van der Waals surface area contributed by atoms with Crippen LogP contribution < -0.4 is 18.9 Å². The molecule has 1 rings (SSSR count). The van der Waals surface area contributed by atoms with Crippen molar-refractivity contribution < 1.29 is 57.9 Å². The predicted molar refractivity (Wildman–Crippen MR) is 71.0 cm³/mol. The van der Waals surface area contributed by atoms with Crippen molar-refractivity contribution in [3.63, 3.8) is 0 Å². The Bertz CT molecular complexity index is 679. The van der Waals surface area contributed by atoms with Crippen molar-refractivity contribution in [2.24, 2.45) is 0 Å². The van der Waals surface area contributed by atoms with E-state index in [0.717, 1.165) is 0 Å². The Morgan fingerprint density at radius 1 is 0.615 bits per heavy atom. The number of halogens is 10. The van der Waals surface area contributed by atoms with Crippen molar-refractivity contribution in [3.05, 3.63) is 24.3 Å². The lowest BCUT2D eigenvalue weighted by Crippen LogP contribution is -2.36. The van der Waals surface area contributed by atoms with E-state index in [0.29, 0.717) is 24.3 Å². The predicted octanol–water partition coefficient (Wildman–Crippen LogP) is 6.29. The fourth-order valence-electron chi connectivity index (χ4n) is 1.15. The molecule has 0 fully saturated rings. The summed E-state index contributed by atoms with van der Waals surface area (Å²) in [7, 11) is -20.6. The first-order valence-electron chi connectivity index (χ1n) is 5.50. The van der Waals surface area contributed by atoms with Gasteiger partial charge in [-0.25, -0.2) is 9.59 Å². The SMILES string of the molecule is O=C(NS(F)(F)(F)(F)F)Oc1ccc(OC(=O)NS(F)(F)(F)(F)F)cc1. The number of benzene rings is 1. The fraction of sp³-hybridized carbons (Fsp3) is 0. The second-order valence-corrected chi connectivity index (χ2v) is 8.68. The van der Waals surface area contributed by atoms with Gasteiger partial charge in [-0.05, 0) is 24.3 Å². The van der Waals surface area contributed by atoms with Crippen LogP contribution in [0, 0.1) is 0 Å². The number of hydrogen-bond donors (Lipinski definition) is 2. The lowest BCUT2D eigenvalue weighted by molar-refractivity contribution is 0.197. The quantitative estimate of drug-likeness (QED) is 0.531. The average Bonchev–Trinajstić information content (AvgIpc) is 2.22. The molecule has 0 bridgehead atoms. The fourth-order valence-corrected chi connectivity index (χ4v) is 1.86. The molecule has 0 radical (unpaired) electrons. The van der Waals surface area contributed by atoms with Gasteiger partial charge < -0.3 is 9.47 Å². The lowest BCUT2D eigenvalue weighted by atomic mass is 10.3. The maximum Gasteiger partial charge on any atom is 0.429 e. The third-order valence-electron chi connectivity index (χ3n) is 1.80. The molecule has 0 aromatic heterocycles. The summed E-state index contributed by atoms with van der Waals surface area (Å²) in [6, 6.07) is 2.03. The van der Waals surface area contributed by atoms with Crippen LogP contribution in [0.2, 0.25) is 0 Å². The minimum absolute atomic E-state index is 0.507. The summed E-state index contributed by atoms with van der Waals surface area (Å²) in [6.07, 6.45) is -5.26. The van der Waals surface area contributed by atoms with Gasteiger partial charge in [0.2, 0.25) is 0 Å². The van der Waals surface area contributed by atoms with Crippen molar-refractivity contribution >= 4 is 33.0 Å². The zero-order valence-electron chi connectivity index (χ0n) is 11.5. The van der Waals surface area contributed by atoms with E-state index in [1.165, 1.54) is 0 Å². The van der Waals surface area contributed by atoms with E-state index in [2.05, 4.69) is 9.47 Å². The van der Waals surface area contributed by atoms with Crippen molar-refractivity contribution in [3.8, 4) is 11.5 Å². The molecule has 0 unspecified atom stereocenters. The molecule has 1 aromatic rings. The highest BCUT2D eigenvalue weighted by Gasteiger charge is 2.66. The molecular weight excluding hydrogens is 442 g/mol. The monoisotopic (exact) mass is 448 g/mol. The summed E-state index contributed by atoms with van der Waals surface area (Å²) in [5, 5.41) is 0. The number of rotatable bonds is 4. The van der Waals surface area contributed by atoms with Crippen LogP contribution in [0.25, 0.3) is 0 Å². The smallest absolute Gasteiger partial charge is 0.410 e. The third kappa shape index (κ3) is 10.6. The Morgan fingerprint density at radius 3 is 1.04 bits per heavy atom. The average molecular weight is 448 g/mol. The topological polar surface area (TPSA) is 76.7 Å². The van der Waals surface area contributed by atoms with Crippen molar-refractivity contribution in [2.75, 3.05) is 0 Å². The highest BCUT2D eigenvalue weighted by molar-refractivity contribution is 8.44. The summed E-state index contributed by atoms with van der Waals surface area (Å²) in [5.41, 5.74) is 0. The summed E-state index contributed by atoms with van der Waals surface area (Å²) in [4.78, 5) is 21.5. The minimum atomic E-state index is -10.3. The number of amides is 2. The van der Waals surface area contributed by atoms with Crippen LogP contribution in [-0.4, -0.2) is 12.2 Å². The highest BCUT2D eigenvalue weighted by Crippen LogP contribution is 2.95. The van der Waals surface area contributed by atoms with Crippen molar-refractivity contribution in [1.29, 1.82) is 0 Å². The molecule has 0 saturated heterocycles. The first-order chi connectivity index (χ1) is 10.9. The van der Waals surface area contributed by atoms with Gasteiger partial charge in [0, 0.05) is 0 Å². The number of nitrogens with one attached hydrogen (secondary N) is 2. The molecule has 1 aromatic carbocycles. The van der Waals surface area contributed by atoms with Crippen molar-refractivity contribution in [2.45, 2.75) is 0 Å². The second kappa shape index (κ2) is 4.72. The first-order valence-corrected chi connectivity index (χ1v) is 9.40. The van der Waals surface area contributed by atoms with Crippen LogP contribution in [-0.2, 0) is 0 Å². The van der Waals surface area contributed by atoms with Gasteiger partial charge in [-0.15, -0.1) is 0 Å². The van der Waals surface area contributed by atoms with E-state index >= 15 is 0 Å². The van der Waals surface area contributed by atoms with Gasteiger partial charge in [0.25, 0.3) is 0 Å². The molecule has 0 spiro atoms. The molecule has 0 aliphatic carbocycles. The summed E-state index contributed by atoms with van der Waals surface area (Å²) < 4.78 is 126. The molecule has 0 aliphatic rings. The van der Waals surface area contributed by atoms with Gasteiger partial charge in [-0.3, -0.25) is 0 Å². The minimum Gasteiger partial charge on any atom is -0.410 e. The molecule has 0 atom stereocenters. The number of carbonyl (C=O) groups is 2. The molecule has 26 heavy (non-hydrogen) atoms. The molecule has 2 amide bonds. The molecule has 0 aliphatic heterocycles. The maximum atomic E-state index is 11.9. The van der Waals surface area contributed by atoms with Crippen LogP contribution in [0.3, 0.4) is 0 Å². The van der Waals surface area contributed by atoms with E-state index in [1.54, 1.807) is 0 Å². The third-order valence-corrected chi connectivity index (χ3v) is 2.90. The van der Waals surface area contributed by atoms with E-state index in [4.69, 9.17) is 0 Å². The van der Waals surface area contributed by atoms with Crippen LogP contribution in [0.1, 0.15) is 0 Å². The zero-order chi connectivity index (χ0) is 20.8. The Morgan fingerprint density at radius 2 is 0.846 bits per heavy atom. The molecule has 0 saturated carbocycles. The van der Waals surface area contributed by atoms with Crippen molar-refractivity contribution in [1.82, 2.24) is 9.44 Å². The number of ether oxygens (including phenoxy) is 2. The van der Waals surface area contributed by atoms with Crippen LogP contribution in [0.15, 0.2) is 24.3 Å². The first kappa shape index (κ1) is 21.8. The van der Waals surface area contributed by atoms with Gasteiger partial charge in [-0.1, -0.05) is 38.9 Å². The van der Waals surface area contributed by atoms with E-state index in [-0.39, 0.29) is 0 Å². The molecule has 6 nitrogen and oxygen atoms in total. The summed E-state index contributed by atoms with van der Waals surface area (Å²) in [6.45, 7) is 0. The highest BCUT2D eigenvalue weighted by atomic mass is 32.5. The van der Waals surface area contributed by atoms with Crippen LogP contribution in [0.4, 0.5) is 48.4 Å². The van der Waals surface area contributed by atoms with Gasteiger partial charge in [0.1, 0.15) is 11.5 Å². The summed E-state index contributed by atoms with van der Waals surface area (Å²) in [5.74, 6) is -1.66. The molecule has 2 N–H and O–H groups in total. The Kier molecular flexibility index (Phi) is 3.96. The Hall–Kier alpha value is -2.24. The number of hydrogen-bond acceptors (Lipinski definition) is 4. The number of carbonyl (C=O) groups excluding carboxylic acids is 2. The zero-order valence-corrected chi connectivity index (χ0v) is 13.2. The lowest BCUT2D eigenvalue weighted by Gasteiger charge is -2.39. The Labute approximate surface area is 137 Å². The molecule has 0 heterocycles. The van der Waals surface area contributed by atoms with Crippen LogP contribution >= 0.6 is 20.8 Å². The normalized spacial score (nSPS) is 17.6. The van der Waals surface area contributed by atoms with Gasteiger partial charge >= 0.3 is 33.0 Å². The van der Waals surface area contributed by atoms with Gasteiger partial charge in [-0.2, -0.15) is 9.44 Å². The standard InChI is InChI=1S/C8H6F10N2O4S2/c9-25(10,11,12,13)19-7(21)23-5-1-2-6(4-3-5)24-8(22)20-26(14,15,16,17)18/h1-4H,(H,19,21)(H,20,22). The van der Waals surface area contributed by atoms with Crippen LogP contribution in [0.5, 0.6) is 11.5 Å². The van der Waals surface area contributed by atoms with E-state index in [1.807, 2.05) is 0 Å². The van der Waals surface area contributed by atoms with E-state index in [9.17, 15) is 48.4 Å². The molecule has 154 valence electrons. The largest absolute Gasteiger partial charge is 0.429 e. The second-order valence-electron chi connectivity index (χ2n) is 4.39. The Balaban J connectivity index is 2.73. The van der Waals surface area contributed by atoms with Gasteiger partial charge in [0.05, 0.1) is 0 Å². The van der Waals surface area contributed by atoms with Gasteiger partial charge in [0.15, 0.2) is 0 Å². The maximum absolute atomic E-state index is 11.9. The summed E-state index contributed by atoms with van der Waals surface area (Å²) >= 11 is 0. The molecular formula is C8H6F10N2O4S2. The van der Waals surface area contributed by atoms with E-state index < -0.39 is 53.9 Å². The molecule has 18 heteroatoms.